The molecular weight excluding hydrogens is 372 g/mol. The van der Waals surface area contributed by atoms with Crippen LogP contribution in [0.1, 0.15) is 18.2 Å². The van der Waals surface area contributed by atoms with E-state index < -0.39 is 0 Å². The summed E-state index contributed by atoms with van der Waals surface area (Å²) in [6, 6.07) is 7.93. The van der Waals surface area contributed by atoms with Gasteiger partial charge in [-0.15, -0.1) is 5.10 Å². The van der Waals surface area contributed by atoms with Crippen molar-refractivity contribution in [3.05, 3.63) is 42.4 Å². The van der Waals surface area contributed by atoms with Crippen LogP contribution in [-0.2, 0) is 11.3 Å². The molecule has 0 saturated carbocycles. The van der Waals surface area contributed by atoms with Gasteiger partial charge in [-0.1, -0.05) is 17.3 Å². The van der Waals surface area contributed by atoms with Gasteiger partial charge in [-0.25, -0.2) is 14.6 Å². The molecule has 29 heavy (non-hydrogen) atoms. The van der Waals surface area contributed by atoms with Crippen LogP contribution in [0.5, 0.6) is 5.75 Å². The van der Waals surface area contributed by atoms with E-state index in [-0.39, 0.29) is 5.95 Å². The fourth-order valence-electron chi connectivity index (χ4n) is 3.55. The molecule has 1 saturated heterocycles. The average molecular weight is 392 g/mol. The summed E-state index contributed by atoms with van der Waals surface area (Å²) in [6.45, 7) is 2.00. The van der Waals surface area contributed by atoms with Crippen molar-refractivity contribution in [3.63, 3.8) is 0 Å². The third kappa shape index (κ3) is 3.27. The van der Waals surface area contributed by atoms with E-state index in [1.54, 1.807) is 11.8 Å². The molecule has 1 aliphatic heterocycles. The lowest BCUT2D eigenvalue weighted by Gasteiger charge is -2.07. The van der Waals surface area contributed by atoms with E-state index >= 15 is 0 Å². The van der Waals surface area contributed by atoms with Crippen LogP contribution in [-0.4, -0.2) is 55.1 Å². The van der Waals surface area contributed by atoms with Gasteiger partial charge in [-0.2, -0.15) is 5.10 Å². The number of rotatable bonds is 5. The maximum absolute atomic E-state index is 5.92. The quantitative estimate of drug-likeness (QED) is 0.545. The Morgan fingerprint density at radius 3 is 3.03 bits per heavy atom. The Balaban J connectivity index is 1.44. The molecule has 1 aliphatic rings. The van der Waals surface area contributed by atoms with E-state index in [1.807, 2.05) is 41.3 Å². The molecular formula is C19H20N8O2. The lowest BCUT2D eigenvalue weighted by molar-refractivity contribution is 0.184. The summed E-state index contributed by atoms with van der Waals surface area (Å²) in [6.07, 6.45) is 4.80. The Kier molecular flexibility index (Phi) is 4.32. The first-order chi connectivity index (χ1) is 14.2. The predicted molar refractivity (Wildman–Crippen MR) is 105 cm³/mol. The largest absolute Gasteiger partial charge is 0.494 e. The fraction of sp³-hybridized carbons (Fsp3) is 0.316. The Bertz CT molecular complexity index is 1160. The van der Waals surface area contributed by atoms with Gasteiger partial charge in [-0.3, -0.25) is 4.68 Å². The van der Waals surface area contributed by atoms with Gasteiger partial charge in [0, 0.05) is 18.2 Å². The summed E-state index contributed by atoms with van der Waals surface area (Å²) in [5, 5.41) is 14.0. The van der Waals surface area contributed by atoms with E-state index in [1.165, 1.54) is 0 Å². The van der Waals surface area contributed by atoms with Crippen molar-refractivity contribution in [1.29, 1.82) is 0 Å². The molecule has 0 unspecified atom stereocenters. The highest BCUT2D eigenvalue weighted by molar-refractivity contribution is 5.95. The lowest BCUT2D eigenvalue weighted by Crippen LogP contribution is -2.10. The SMILES string of the molecule is COc1cccc2c(-c3cn(Cc4ccn([C@H]5CCOC5)n4)nn3)nc(N)nc12. The number of methoxy groups -OCH3 is 1. The van der Waals surface area contributed by atoms with Gasteiger partial charge in [0.1, 0.15) is 22.7 Å². The second-order valence-electron chi connectivity index (χ2n) is 6.89. The molecule has 1 fully saturated rings. The average Bonchev–Trinajstić information content (AvgIpc) is 3.49. The van der Waals surface area contributed by atoms with Crippen LogP contribution in [0.25, 0.3) is 22.3 Å². The van der Waals surface area contributed by atoms with Gasteiger partial charge in [-0.05, 0) is 18.6 Å². The molecule has 0 aliphatic carbocycles. The van der Waals surface area contributed by atoms with Crippen molar-refractivity contribution < 1.29 is 9.47 Å². The number of ether oxygens (including phenoxy) is 2. The van der Waals surface area contributed by atoms with Crippen molar-refractivity contribution >= 4 is 16.9 Å². The smallest absolute Gasteiger partial charge is 0.221 e. The van der Waals surface area contributed by atoms with E-state index in [0.29, 0.717) is 41.8 Å². The zero-order valence-electron chi connectivity index (χ0n) is 15.9. The number of benzene rings is 1. The zero-order chi connectivity index (χ0) is 19.8. The van der Waals surface area contributed by atoms with Crippen molar-refractivity contribution in [3.8, 4) is 17.1 Å². The van der Waals surface area contributed by atoms with Crippen LogP contribution in [0.4, 0.5) is 5.95 Å². The van der Waals surface area contributed by atoms with Gasteiger partial charge in [0.2, 0.25) is 5.95 Å². The first kappa shape index (κ1) is 17.6. The van der Waals surface area contributed by atoms with Crippen molar-refractivity contribution in [2.75, 3.05) is 26.1 Å². The van der Waals surface area contributed by atoms with Gasteiger partial charge in [0.05, 0.1) is 38.2 Å². The van der Waals surface area contributed by atoms with Crippen LogP contribution < -0.4 is 10.5 Å². The summed E-state index contributed by atoms with van der Waals surface area (Å²) < 4.78 is 14.5. The summed E-state index contributed by atoms with van der Waals surface area (Å²) >= 11 is 0. The number of hydrogen-bond acceptors (Lipinski definition) is 8. The topological polar surface area (TPSA) is 119 Å². The second kappa shape index (κ2) is 7.13. The number of nitrogens with zero attached hydrogens (tertiary/aromatic N) is 7. The maximum atomic E-state index is 5.92. The number of nitrogen functional groups attached to an aromatic ring is 1. The minimum atomic E-state index is 0.157. The minimum Gasteiger partial charge on any atom is -0.494 e. The monoisotopic (exact) mass is 392 g/mol. The van der Waals surface area contributed by atoms with Crippen LogP contribution in [0.2, 0.25) is 0 Å². The van der Waals surface area contributed by atoms with Crippen LogP contribution in [0.15, 0.2) is 36.7 Å². The van der Waals surface area contributed by atoms with Gasteiger partial charge in [0.15, 0.2) is 0 Å². The predicted octanol–water partition coefficient (Wildman–Crippen LogP) is 1.69. The van der Waals surface area contributed by atoms with E-state index in [4.69, 9.17) is 15.2 Å². The van der Waals surface area contributed by atoms with E-state index in [2.05, 4.69) is 25.4 Å². The molecule has 0 amide bonds. The molecule has 0 radical (unpaired) electrons. The Hall–Kier alpha value is -3.53. The van der Waals surface area contributed by atoms with E-state index in [9.17, 15) is 0 Å². The summed E-state index contributed by atoms with van der Waals surface area (Å²) in [4.78, 5) is 8.70. The number of anilines is 1. The molecule has 10 nitrogen and oxygen atoms in total. The van der Waals surface area contributed by atoms with Crippen molar-refractivity contribution in [1.82, 2.24) is 34.7 Å². The van der Waals surface area contributed by atoms with Gasteiger partial charge < -0.3 is 15.2 Å². The van der Waals surface area contributed by atoms with Gasteiger partial charge in [0.25, 0.3) is 0 Å². The summed E-state index contributed by atoms with van der Waals surface area (Å²) in [5.41, 5.74) is 8.70. The van der Waals surface area contributed by atoms with Crippen molar-refractivity contribution in [2.24, 2.45) is 0 Å². The number of fused-ring (bicyclic) bond motifs is 1. The lowest BCUT2D eigenvalue weighted by atomic mass is 10.1. The second-order valence-corrected chi connectivity index (χ2v) is 6.89. The summed E-state index contributed by atoms with van der Waals surface area (Å²) in [7, 11) is 1.60. The molecule has 10 heteroatoms. The maximum Gasteiger partial charge on any atom is 0.221 e. The number of aromatic nitrogens is 7. The zero-order valence-corrected chi connectivity index (χ0v) is 15.9. The Morgan fingerprint density at radius 2 is 2.21 bits per heavy atom. The Labute approximate surface area is 166 Å². The molecule has 0 spiro atoms. The highest BCUT2D eigenvalue weighted by Crippen LogP contribution is 2.30. The molecule has 2 N–H and O–H groups in total. The molecule has 4 aromatic rings. The first-order valence-corrected chi connectivity index (χ1v) is 9.34. The fourth-order valence-corrected chi connectivity index (χ4v) is 3.55. The highest BCUT2D eigenvalue weighted by atomic mass is 16.5. The molecule has 148 valence electrons. The minimum absolute atomic E-state index is 0.157. The third-order valence-electron chi connectivity index (χ3n) is 4.98. The number of para-hydroxylation sites is 1. The highest BCUT2D eigenvalue weighted by Gasteiger charge is 2.19. The molecule has 4 heterocycles. The first-order valence-electron chi connectivity index (χ1n) is 9.34. The van der Waals surface area contributed by atoms with Crippen molar-refractivity contribution in [2.45, 2.75) is 19.0 Å². The standard InChI is InChI=1S/C19H20N8O2/c1-28-16-4-2-3-14-17(21-19(20)22-18(14)16)15-10-26(25-23-15)9-12-5-7-27(24-12)13-6-8-29-11-13/h2-5,7,10,13H,6,8-9,11H2,1H3,(H2,20,21,22)/t13-/m0/s1. The molecule has 1 aromatic carbocycles. The van der Waals surface area contributed by atoms with Crippen LogP contribution in [0.3, 0.4) is 0 Å². The van der Waals surface area contributed by atoms with E-state index in [0.717, 1.165) is 24.1 Å². The normalized spacial score (nSPS) is 16.5. The molecule has 3 aromatic heterocycles. The number of hydrogen-bond donors (Lipinski definition) is 1. The third-order valence-corrected chi connectivity index (χ3v) is 4.98. The van der Waals surface area contributed by atoms with Crippen LogP contribution >= 0.6 is 0 Å². The Morgan fingerprint density at radius 1 is 1.28 bits per heavy atom. The molecule has 1 atom stereocenters. The molecule has 5 rings (SSSR count). The van der Waals surface area contributed by atoms with Crippen LogP contribution in [0, 0.1) is 0 Å². The molecule has 0 bridgehead atoms. The number of nitrogens with two attached hydrogens (primary N) is 1. The summed E-state index contributed by atoms with van der Waals surface area (Å²) in [5.74, 6) is 0.788. The van der Waals surface area contributed by atoms with Gasteiger partial charge >= 0.3 is 0 Å².